The highest BCUT2D eigenvalue weighted by molar-refractivity contribution is 5.05. The summed E-state index contributed by atoms with van der Waals surface area (Å²) in [6, 6.07) is 0. The van der Waals surface area contributed by atoms with E-state index >= 15 is 0 Å². The molecular weight excluding hydrogens is 196 g/mol. The predicted octanol–water partition coefficient (Wildman–Crippen LogP) is 0.124. The third-order valence-corrected chi connectivity index (χ3v) is 2.44. The lowest BCUT2D eigenvalue weighted by Gasteiger charge is -2.25. The molecule has 1 aromatic rings. The summed E-state index contributed by atoms with van der Waals surface area (Å²) in [5.74, 6) is 1.36. The van der Waals surface area contributed by atoms with Crippen LogP contribution in [0.15, 0.2) is 4.42 Å². The van der Waals surface area contributed by atoms with Crippen LogP contribution in [0.1, 0.15) is 24.3 Å². The molecule has 0 aliphatic rings. The first-order chi connectivity index (χ1) is 7.00. The first kappa shape index (κ1) is 12.2. The lowest BCUT2D eigenvalue weighted by atomic mass is 10.1. The van der Waals surface area contributed by atoms with Gasteiger partial charge in [-0.15, -0.1) is 0 Å². The standard InChI is InChI=1S/C10H18N2O3/c1-7-8(2)15-9(12-7)4-11-10(3,5-13)6-14/h11,13-14H,4-6H2,1-3H3. The Kier molecular flexibility index (Phi) is 3.84. The lowest BCUT2D eigenvalue weighted by molar-refractivity contribution is 0.101. The van der Waals surface area contributed by atoms with Gasteiger partial charge in [0, 0.05) is 0 Å². The van der Waals surface area contributed by atoms with Gasteiger partial charge >= 0.3 is 0 Å². The fourth-order valence-electron chi connectivity index (χ4n) is 1.07. The molecule has 0 amide bonds. The van der Waals surface area contributed by atoms with Crippen molar-refractivity contribution in [3.63, 3.8) is 0 Å². The summed E-state index contributed by atoms with van der Waals surface area (Å²) >= 11 is 0. The summed E-state index contributed by atoms with van der Waals surface area (Å²) in [6.07, 6.45) is 0. The highest BCUT2D eigenvalue weighted by Crippen LogP contribution is 2.09. The number of hydrogen-bond acceptors (Lipinski definition) is 5. The summed E-state index contributed by atoms with van der Waals surface area (Å²) in [6.45, 7) is 5.58. The van der Waals surface area contributed by atoms with E-state index in [4.69, 9.17) is 14.6 Å². The van der Waals surface area contributed by atoms with Crippen molar-refractivity contribution in [3.8, 4) is 0 Å². The third-order valence-electron chi connectivity index (χ3n) is 2.44. The number of oxazole rings is 1. The number of rotatable bonds is 5. The number of nitrogens with one attached hydrogen (secondary N) is 1. The minimum atomic E-state index is -0.698. The molecule has 0 saturated heterocycles. The fourth-order valence-corrected chi connectivity index (χ4v) is 1.07. The van der Waals surface area contributed by atoms with Crippen LogP contribution in [-0.4, -0.2) is 33.9 Å². The van der Waals surface area contributed by atoms with Crippen molar-refractivity contribution in [3.05, 3.63) is 17.3 Å². The van der Waals surface area contributed by atoms with Crippen molar-refractivity contribution in [2.45, 2.75) is 32.9 Å². The maximum absolute atomic E-state index is 9.05. The van der Waals surface area contributed by atoms with Crippen molar-refractivity contribution in [2.24, 2.45) is 0 Å². The van der Waals surface area contributed by atoms with Gasteiger partial charge in [-0.05, 0) is 20.8 Å². The van der Waals surface area contributed by atoms with Gasteiger partial charge in [-0.3, -0.25) is 5.32 Å². The normalized spacial score (nSPS) is 12.1. The van der Waals surface area contributed by atoms with E-state index in [1.807, 2.05) is 13.8 Å². The molecule has 86 valence electrons. The van der Waals surface area contributed by atoms with Crippen LogP contribution >= 0.6 is 0 Å². The van der Waals surface area contributed by atoms with Crippen LogP contribution in [0.2, 0.25) is 0 Å². The molecule has 5 heteroatoms. The number of aryl methyl sites for hydroxylation is 2. The van der Waals surface area contributed by atoms with Crippen LogP contribution in [-0.2, 0) is 6.54 Å². The van der Waals surface area contributed by atoms with Crippen LogP contribution in [0.25, 0.3) is 0 Å². The topological polar surface area (TPSA) is 78.5 Å². The van der Waals surface area contributed by atoms with Crippen molar-refractivity contribution in [1.82, 2.24) is 10.3 Å². The van der Waals surface area contributed by atoms with Crippen molar-refractivity contribution >= 4 is 0 Å². The lowest BCUT2D eigenvalue weighted by Crippen LogP contribution is -2.48. The van der Waals surface area contributed by atoms with Crippen LogP contribution in [0, 0.1) is 13.8 Å². The Hall–Kier alpha value is -0.910. The number of aliphatic hydroxyl groups is 2. The van der Waals surface area contributed by atoms with E-state index in [-0.39, 0.29) is 13.2 Å². The second kappa shape index (κ2) is 4.74. The Morgan fingerprint density at radius 1 is 1.33 bits per heavy atom. The molecule has 1 aromatic heterocycles. The molecule has 15 heavy (non-hydrogen) atoms. The minimum absolute atomic E-state index is 0.137. The SMILES string of the molecule is Cc1nc(CNC(C)(CO)CO)oc1C. The first-order valence-electron chi connectivity index (χ1n) is 4.90. The van der Waals surface area contributed by atoms with Crippen molar-refractivity contribution in [1.29, 1.82) is 0 Å². The van der Waals surface area contributed by atoms with Gasteiger partial charge in [0.25, 0.3) is 0 Å². The largest absolute Gasteiger partial charge is 0.444 e. The first-order valence-corrected chi connectivity index (χ1v) is 4.90. The second-order valence-corrected chi connectivity index (χ2v) is 3.98. The van der Waals surface area contributed by atoms with Crippen molar-refractivity contribution < 1.29 is 14.6 Å². The van der Waals surface area contributed by atoms with E-state index in [1.165, 1.54) is 0 Å². The molecule has 0 aliphatic carbocycles. The zero-order chi connectivity index (χ0) is 11.5. The van der Waals surface area contributed by atoms with Gasteiger partial charge < -0.3 is 14.6 Å². The average molecular weight is 214 g/mol. The van der Waals surface area contributed by atoms with Crippen LogP contribution in [0.4, 0.5) is 0 Å². The van der Waals surface area contributed by atoms with E-state index in [1.54, 1.807) is 6.92 Å². The van der Waals surface area contributed by atoms with Gasteiger partial charge in [0.1, 0.15) is 5.76 Å². The zero-order valence-electron chi connectivity index (χ0n) is 9.37. The Morgan fingerprint density at radius 3 is 2.33 bits per heavy atom. The molecule has 0 atom stereocenters. The van der Waals surface area contributed by atoms with Gasteiger partial charge in [0.2, 0.25) is 5.89 Å². The van der Waals surface area contributed by atoms with Gasteiger partial charge in [0.05, 0.1) is 31.0 Å². The van der Waals surface area contributed by atoms with Gasteiger partial charge in [0.15, 0.2) is 0 Å². The zero-order valence-corrected chi connectivity index (χ0v) is 9.37. The Balaban J connectivity index is 2.56. The number of hydrogen-bond donors (Lipinski definition) is 3. The molecule has 0 spiro atoms. The smallest absolute Gasteiger partial charge is 0.208 e. The van der Waals surface area contributed by atoms with Crippen LogP contribution in [0.5, 0.6) is 0 Å². The molecule has 0 unspecified atom stereocenters. The molecule has 0 radical (unpaired) electrons. The second-order valence-electron chi connectivity index (χ2n) is 3.98. The molecule has 0 aliphatic heterocycles. The quantitative estimate of drug-likeness (QED) is 0.649. The molecule has 0 aromatic carbocycles. The average Bonchev–Trinajstić information content (AvgIpc) is 2.55. The van der Waals surface area contributed by atoms with E-state index in [0.29, 0.717) is 12.4 Å². The summed E-state index contributed by atoms with van der Waals surface area (Å²) in [4.78, 5) is 4.19. The maximum atomic E-state index is 9.05. The monoisotopic (exact) mass is 214 g/mol. The molecule has 3 N–H and O–H groups in total. The summed E-state index contributed by atoms with van der Waals surface area (Å²) in [7, 11) is 0. The van der Waals surface area contributed by atoms with E-state index < -0.39 is 5.54 Å². The molecule has 1 rings (SSSR count). The highest BCUT2D eigenvalue weighted by atomic mass is 16.4. The Morgan fingerprint density at radius 2 is 1.93 bits per heavy atom. The summed E-state index contributed by atoms with van der Waals surface area (Å²) < 4.78 is 5.36. The third kappa shape index (κ3) is 3.02. The summed E-state index contributed by atoms with van der Waals surface area (Å²) in [5.41, 5.74) is 0.164. The van der Waals surface area contributed by atoms with Crippen molar-refractivity contribution in [2.75, 3.05) is 13.2 Å². The van der Waals surface area contributed by atoms with Gasteiger partial charge in [-0.2, -0.15) is 0 Å². The van der Waals surface area contributed by atoms with Crippen LogP contribution in [0.3, 0.4) is 0 Å². The number of aliphatic hydroxyl groups excluding tert-OH is 2. The van der Waals surface area contributed by atoms with Crippen LogP contribution < -0.4 is 5.32 Å². The minimum Gasteiger partial charge on any atom is -0.444 e. The fraction of sp³-hybridized carbons (Fsp3) is 0.700. The number of nitrogens with zero attached hydrogens (tertiary/aromatic N) is 1. The Labute approximate surface area is 89.1 Å². The highest BCUT2D eigenvalue weighted by Gasteiger charge is 2.22. The van der Waals surface area contributed by atoms with E-state index in [2.05, 4.69) is 10.3 Å². The molecule has 0 bridgehead atoms. The Bertz CT molecular complexity index is 299. The van der Waals surface area contributed by atoms with Gasteiger partial charge in [-0.1, -0.05) is 0 Å². The molecule has 5 nitrogen and oxygen atoms in total. The molecule has 1 heterocycles. The van der Waals surface area contributed by atoms with E-state index in [9.17, 15) is 0 Å². The van der Waals surface area contributed by atoms with E-state index in [0.717, 1.165) is 11.5 Å². The predicted molar refractivity (Wildman–Crippen MR) is 55.4 cm³/mol. The molecule has 0 fully saturated rings. The summed E-state index contributed by atoms with van der Waals surface area (Å²) in [5, 5.41) is 21.1. The van der Waals surface area contributed by atoms with Gasteiger partial charge in [-0.25, -0.2) is 4.98 Å². The molecular formula is C10H18N2O3. The molecule has 0 saturated carbocycles. The number of aromatic nitrogens is 1. The maximum Gasteiger partial charge on any atom is 0.208 e.